The first-order chi connectivity index (χ1) is 10.0. The van der Waals surface area contributed by atoms with Crippen molar-refractivity contribution < 1.29 is 19.2 Å². The fourth-order valence-corrected chi connectivity index (χ4v) is 2.15. The van der Waals surface area contributed by atoms with Crippen molar-refractivity contribution in [1.82, 2.24) is 5.32 Å². The van der Waals surface area contributed by atoms with Gasteiger partial charge in [-0.25, -0.2) is 0 Å². The molecule has 21 heavy (non-hydrogen) atoms. The maximum atomic E-state index is 12.1. The predicted molar refractivity (Wildman–Crippen MR) is 74.0 cm³/mol. The highest BCUT2D eigenvalue weighted by atomic mass is 16.6. The standard InChI is InChI=1S/C13H15N3O5/c1-21-11-5-4-8(16(19)20)7-10(11)15-13(18)9-3-2-6-14-12(9)17/h4-5,7,9H,2-3,6H2,1H3,(H,14,17)(H,15,18)/t9-/m0/s1. The lowest BCUT2D eigenvalue weighted by atomic mass is 9.97. The summed E-state index contributed by atoms with van der Waals surface area (Å²) in [6, 6.07) is 3.88. The Morgan fingerprint density at radius 1 is 1.52 bits per heavy atom. The molecule has 0 unspecified atom stereocenters. The highest BCUT2D eigenvalue weighted by Gasteiger charge is 2.29. The SMILES string of the molecule is COc1ccc([N+](=O)[O-])cc1NC(=O)[C@H]1CCCNC1=O. The minimum atomic E-state index is -0.789. The summed E-state index contributed by atoms with van der Waals surface area (Å²) in [5, 5.41) is 15.9. The Labute approximate surface area is 120 Å². The van der Waals surface area contributed by atoms with Crippen molar-refractivity contribution in [2.75, 3.05) is 19.0 Å². The summed E-state index contributed by atoms with van der Waals surface area (Å²) in [4.78, 5) is 34.0. The van der Waals surface area contributed by atoms with Crippen molar-refractivity contribution in [1.29, 1.82) is 0 Å². The van der Waals surface area contributed by atoms with Crippen molar-refractivity contribution in [2.24, 2.45) is 5.92 Å². The van der Waals surface area contributed by atoms with Crippen LogP contribution in [0.1, 0.15) is 12.8 Å². The Bertz CT molecular complexity index is 587. The van der Waals surface area contributed by atoms with Gasteiger partial charge in [0.25, 0.3) is 5.69 Å². The van der Waals surface area contributed by atoms with Crippen LogP contribution in [-0.2, 0) is 9.59 Å². The van der Waals surface area contributed by atoms with Gasteiger partial charge in [-0.05, 0) is 18.9 Å². The number of nitro benzene ring substituents is 1. The van der Waals surface area contributed by atoms with Gasteiger partial charge in [0, 0.05) is 18.7 Å². The second kappa shape index (κ2) is 6.21. The molecule has 8 heteroatoms. The van der Waals surface area contributed by atoms with E-state index in [1.807, 2.05) is 0 Å². The molecule has 1 atom stereocenters. The van der Waals surface area contributed by atoms with E-state index >= 15 is 0 Å². The molecule has 1 aliphatic rings. The van der Waals surface area contributed by atoms with E-state index in [2.05, 4.69) is 10.6 Å². The number of hydrogen-bond donors (Lipinski definition) is 2. The van der Waals surface area contributed by atoms with Crippen LogP contribution in [0, 0.1) is 16.0 Å². The van der Waals surface area contributed by atoms with Crippen LogP contribution < -0.4 is 15.4 Å². The van der Waals surface area contributed by atoms with Gasteiger partial charge in [-0.2, -0.15) is 0 Å². The minimum absolute atomic E-state index is 0.167. The second-order valence-corrected chi connectivity index (χ2v) is 4.62. The molecule has 0 spiro atoms. The van der Waals surface area contributed by atoms with E-state index in [0.29, 0.717) is 18.7 Å². The fourth-order valence-electron chi connectivity index (χ4n) is 2.15. The van der Waals surface area contributed by atoms with Crippen molar-refractivity contribution in [3.63, 3.8) is 0 Å². The first kappa shape index (κ1) is 14.8. The van der Waals surface area contributed by atoms with E-state index in [1.165, 1.54) is 25.3 Å². The third kappa shape index (κ3) is 3.28. The number of piperidine rings is 1. The molecule has 1 saturated heterocycles. The lowest BCUT2D eigenvalue weighted by Gasteiger charge is -2.21. The molecule has 0 radical (unpaired) electrons. The van der Waals surface area contributed by atoms with E-state index < -0.39 is 16.7 Å². The van der Waals surface area contributed by atoms with Crippen molar-refractivity contribution >= 4 is 23.2 Å². The summed E-state index contributed by atoms with van der Waals surface area (Å²) in [6.07, 6.45) is 1.17. The van der Waals surface area contributed by atoms with Gasteiger partial charge in [0.2, 0.25) is 11.8 Å². The van der Waals surface area contributed by atoms with E-state index in [-0.39, 0.29) is 17.3 Å². The summed E-state index contributed by atoms with van der Waals surface area (Å²) in [5.41, 5.74) is 0.00858. The summed E-state index contributed by atoms with van der Waals surface area (Å²) >= 11 is 0. The van der Waals surface area contributed by atoms with Crippen molar-refractivity contribution in [3.8, 4) is 5.75 Å². The molecular formula is C13H15N3O5. The quantitative estimate of drug-likeness (QED) is 0.490. The first-order valence-electron chi connectivity index (χ1n) is 6.44. The van der Waals surface area contributed by atoms with Crippen LogP contribution in [0.15, 0.2) is 18.2 Å². The average molecular weight is 293 g/mol. The molecule has 1 aliphatic heterocycles. The average Bonchev–Trinajstić information content (AvgIpc) is 2.47. The molecule has 0 bridgehead atoms. The number of non-ortho nitro benzene ring substituents is 1. The Balaban J connectivity index is 2.21. The monoisotopic (exact) mass is 293 g/mol. The molecule has 0 saturated carbocycles. The summed E-state index contributed by atoms with van der Waals surface area (Å²) in [5.74, 6) is -1.32. The maximum Gasteiger partial charge on any atom is 0.271 e. The van der Waals surface area contributed by atoms with Gasteiger partial charge in [-0.3, -0.25) is 19.7 Å². The van der Waals surface area contributed by atoms with Crippen molar-refractivity contribution in [2.45, 2.75) is 12.8 Å². The highest BCUT2D eigenvalue weighted by Crippen LogP contribution is 2.29. The lowest BCUT2D eigenvalue weighted by molar-refractivity contribution is -0.384. The van der Waals surface area contributed by atoms with Crippen LogP contribution in [0.3, 0.4) is 0 Å². The molecule has 1 heterocycles. The molecular weight excluding hydrogens is 278 g/mol. The number of nitrogens with one attached hydrogen (secondary N) is 2. The van der Waals surface area contributed by atoms with Gasteiger partial charge in [-0.15, -0.1) is 0 Å². The molecule has 2 amide bonds. The number of carbonyl (C=O) groups excluding carboxylic acids is 2. The Hall–Kier alpha value is -2.64. The number of methoxy groups -OCH3 is 1. The van der Waals surface area contributed by atoms with Crippen molar-refractivity contribution in [3.05, 3.63) is 28.3 Å². The largest absolute Gasteiger partial charge is 0.495 e. The van der Waals surface area contributed by atoms with Crippen LogP contribution in [0.4, 0.5) is 11.4 Å². The van der Waals surface area contributed by atoms with Crippen LogP contribution in [0.2, 0.25) is 0 Å². The number of carbonyl (C=O) groups is 2. The number of benzene rings is 1. The maximum absolute atomic E-state index is 12.1. The second-order valence-electron chi connectivity index (χ2n) is 4.62. The number of hydrogen-bond acceptors (Lipinski definition) is 5. The van der Waals surface area contributed by atoms with Crippen LogP contribution >= 0.6 is 0 Å². The van der Waals surface area contributed by atoms with E-state index in [0.717, 1.165) is 6.42 Å². The van der Waals surface area contributed by atoms with Crippen LogP contribution in [-0.4, -0.2) is 30.4 Å². The third-order valence-corrected chi connectivity index (χ3v) is 3.25. The highest BCUT2D eigenvalue weighted by molar-refractivity contribution is 6.07. The number of amides is 2. The van der Waals surface area contributed by atoms with Gasteiger partial charge in [0.05, 0.1) is 17.7 Å². The molecule has 0 aliphatic carbocycles. The normalized spacial score (nSPS) is 17.8. The van der Waals surface area contributed by atoms with E-state index in [1.54, 1.807) is 0 Å². The predicted octanol–water partition coefficient (Wildman–Crippen LogP) is 1.07. The number of rotatable bonds is 4. The zero-order chi connectivity index (χ0) is 15.4. The topological polar surface area (TPSA) is 111 Å². The minimum Gasteiger partial charge on any atom is -0.495 e. The summed E-state index contributed by atoms with van der Waals surface area (Å²) in [6.45, 7) is 0.558. The molecule has 2 rings (SSSR count). The smallest absolute Gasteiger partial charge is 0.271 e. The molecule has 8 nitrogen and oxygen atoms in total. The van der Waals surface area contributed by atoms with Gasteiger partial charge in [0.1, 0.15) is 11.7 Å². The number of nitrogens with zero attached hydrogens (tertiary/aromatic N) is 1. The number of anilines is 1. The first-order valence-corrected chi connectivity index (χ1v) is 6.44. The van der Waals surface area contributed by atoms with E-state index in [9.17, 15) is 19.7 Å². The molecule has 2 N–H and O–H groups in total. The molecule has 0 aromatic heterocycles. The van der Waals surface area contributed by atoms with Crippen LogP contribution in [0.25, 0.3) is 0 Å². The summed E-state index contributed by atoms with van der Waals surface area (Å²) in [7, 11) is 1.39. The fraction of sp³-hybridized carbons (Fsp3) is 0.385. The zero-order valence-corrected chi connectivity index (χ0v) is 11.4. The lowest BCUT2D eigenvalue weighted by Crippen LogP contribution is -2.42. The molecule has 1 fully saturated rings. The van der Waals surface area contributed by atoms with Gasteiger partial charge >= 0.3 is 0 Å². The Kier molecular flexibility index (Phi) is 4.36. The Morgan fingerprint density at radius 2 is 2.29 bits per heavy atom. The van der Waals surface area contributed by atoms with Gasteiger partial charge in [-0.1, -0.05) is 0 Å². The van der Waals surface area contributed by atoms with Gasteiger partial charge < -0.3 is 15.4 Å². The Morgan fingerprint density at radius 3 is 2.90 bits per heavy atom. The molecule has 1 aromatic rings. The zero-order valence-electron chi connectivity index (χ0n) is 11.4. The third-order valence-electron chi connectivity index (χ3n) is 3.25. The summed E-state index contributed by atoms with van der Waals surface area (Å²) < 4.78 is 5.06. The molecule has 1 aromatic carbocycles. The number of ether oxygens (including phenoxy) is 1. The van der Waals surface area contributed by atoms with Gasteiger partial charge in [0.15, 0.2) is 0 Å². The van der Waals surface area contributed by atoms with Crippen LogP contribution in [0.5, 0.6) is 5.75 Å². The number of nitro groups is 1. The van der Waals surface area contributed by atoms with E-state index in [4.69, 9.17) is 4.74 Å². The molecule has 112 valence electrons.